The van der Waals surface area contributed by atoms with Gasteiger partial charge in [-0.2, -0.15) is 0 Å². The minimum atomic E-state index is -0.817. The Labute approximate surface area is 242 Å². The van der Waals surface area contributed by atoms with E-state index in [1.54, 1.807) is 18.4 Å². The number of hydrogen-bond donors (Lipinski definition) is 6. The number of carboxylic acids is 1. The molecule has 1 aliphatic heterocycles. The van der Waals surface area contributed by atoms with Crippen LogP contribution in [-0.2, 0) is 33.4 Å². The van der Waals surface area contributed by atoms with Crippen LogP contribution in [0.5, 0.6) is 0 Å². The van der Waals surface area contributed by atoms with Crippen molar-refractivity contribution in [1.82, 2.24) is 26.6 Å². The number of allylic oxidation sites excluding steroid dienone is 2. The zero-order valence-corrected chi connectivity index (χ0v) is 23.9. The Hall–Kier alpha value is -3.45. The number of ether oxygens (including phenoxy) is 2. The molecule has 1 heterocycles. The van der Waals surface area contributed by atoms with E-state index in [0.717, 1.165) is 32.1 Å². The molecule has 6 N–H and O–H groups in total. The molecule has 0 aromatic heterocycles. The summed E-state index contributed by atoms with van der Waals surface area (Å²) in [6.07, 6.45) is 13.2. The van der Waals surface area contributed by atoms with Gasteiger partial charge in [0, 0.05) is 45.4 Å². The van der Waals surface area contributed by atoms with Gasteiger partial charge in [-0.3, -0.25) is 29.3 Å². The van der Waals surface area contributed by atoms with E-state index < -0.39 is 12.3 Å². The molecule has 0 aromatic carbocycles. The van der Waals surface area contributed by atoms with Gasteiger partial charge in [0.05, 0.1) is 26.0 Å². The summed E-state index contributed by atoms with van der Waals surface area (Å²) in [6, 6.07) is 0. The van der Waals surface area contributed by atoms with Gasteiger partial charge in [0.1, 0.15) is 0 Å². The predicted octanol–water partition coefficient (Wildman–Crippen LogP) is 0.859. The second-order valence-corrected chi connectivity index (χ2v) is 9.56. The van der Waals surface area contributed by atoms with Crippen LogP contribution in [0.25, 0.3) is 0 Å². The highest BCUT2D eigenvalue weighted by atomic mass is 16.7. The van der Waals surface area contributed by atoms with Gasteiger partial charge in [-0.25, -0.2) is 0 Å². The second kappa shape index (κ2) is 24.4. The Bertz CT molecular complexity index is 849. The summed E-state index contributed by atoms with van der Waals surface area (Å²) < 4.78 is 10.7. The first-order valence-electron chi connectivity index (χ1n) is 14.5. The molecule has 1 unspecified atom stereocenters. The molecule has 232 valence electrons. The monoisotopic (exact) mass is 581 g/mol. The number of rotatable bonds is 25. The van der Waals surface area contributed by atoms with Gasteiger partial charge < -0.3 is 35.8 Å². The fourth-order valence-corrected chi connectivity index (χ4v) is 3.68. The normalized spacial score (nSPS) is 13.7. The molecule has 0 fully saturated rings. The molecular formula is C28H47N5O8. The Morgan fingerprint density at radius 1 is 0.634 bits per heavy atom. The maximum Gasteiger partial charge on any atom is 0.303 e. The van der Waals surface area contributed by atoms with Crippen molar-refractivity contribution < 1.29 is 38.6 Å². The predicted molar refractivity (Wildman–Crippen MR) is 152 cm³/mol. The van der Waals surface area contributed by atoms with Crippen LogP contribution in [-0.4, -0.2) is 86.9 Å². The number of aliphatic carboxylic acids is 1. The Balaban J connectivity index is 1.84. The number of carbonyl (C=O) groups is 5. The molecular weight excluding hydrogens is 534 g/mol. The fraction of sp³-hybridized carbons (Fsp3) is 0.679. The third-order valence-corrected chi connectivity index (χ3v) is 5.89. The van der Waals surface area contributed by atoms with Crippen molar-refractivity contribution in [3.05, 3.63) is 24.5 Å². The second-order valence-electron chi connectivity index (χ2n) is 9.56. The third-order valence-electron chi connectivity index (χ3n) is 5.89. The van der Waals surface area contributed by atoms with Crippen LogP contribution < -0.4 is 26.6 Å². The smallest absolute Gasteiger partial charge is 0.303 e. The maximum atomic E-state index is 11.9. The minimum absolute atomic E-state index is 0.0211. The first-order chi connectivity index (χ1) is 19.9. The van der Waals surface area contributed by atoms with Crippen LogP contribution in [0.15, 0.2) is 24.5 Å². The van der Waals surface area contributed by atoms with E-state index >= 15 is 0 Å². The van der Waals surface area contributed by atoms with Crippen LogP contribution in [0.2, 0.25) is 0 Å². The Kier molecular flexibility index (Phi) is 21.1. The lowest BCUT2D eigenvalue weighted by atomic mass is 10.2. The molecule has 13 heteroatoms. The van der Waals surface area contributed by atoms with Crippen molar-refractivity contribution in [1.29, 1.82) is 0 Å². The molecule has 1 atom stereocenters. The van der Waals surface area contributed by atoms with Crippen LogP contribution in [0.1, 0.15) is 70.6 Å². The number of carbonyl (C=O) groups excluding carboxylic acids is 4. The molecule has 0 saturated heterocycles. The summed E-state index contributed by atoms with van der Waals surface area (Å²) >= 11 is 0. The van der Waals surface area contributed by atoms with Crippen molar-refractivity contribution in [3.8, 4) is 0 Å². The van der Waals surface area contributed by atoms with Crippen LogP contribution in [0.3, 0.4) is 0 Å². The molecule has 0 aliphatic carbocycles. The number of hydrogen-bond acceptors (Lipinski definition) is 8. The highest BCUT2D eigenvalue weighted by Crippen LogP contribution is 2.03. The number of unbranched alkanes of at least 4 members (excludes halogenated alkanes) is 5. The topological polar surface area (TPSA) is 184 Å². The van der Waals surface area contributed by atoms with E-state index in [9.17, 15) is 24.0 Å². The average Bonchev–Trinajstić information content (AvgIpc) is 2.95. The third kappa shape index (κ3) is 23.0. The molecule has 1 rings (SSSR count). The van der Waals surface area contributed by atoms with E-state index in [-0.39, 0.29) is 43.1 Å². The number of nitrogens with one attached hydrogen (secondary N) is 5. The number of amides is 4. The van der Waals surface area contributed by atoms with Gasteiger partial charge in [0.2, 0.25) is 29.9 Å². The van der Waals surface area contributed by atoms with E-state index in [0.29, 0.717) is 64.9 Å². The van der Waals surface area contributed by atoms with E-state index in [4.69, 9.17) is 14.6 Å². The molecule has 0 bridgehead atoms. The van der Waals surface area contributed by atoms with Crippen molar-refractivity contribution in [3.63, 3.8) is 0 Å². The van der Waals surface area contributed by atoms with E-state index in [2.05, 4.69) is 26.6 Å². The summed E-state index contributed by atoms with van der Waals surface area (Å²) in [5.41, 5.74) is 0. The molecule has 4 amide bonds. The Morgan fingerprint density at radius 2 is 1.15 bits per heavy atom. The highest BCUT2D eigenvalue weighted by Gasteiger charge is 2.07. The first-order valence-corrected chi connectivity index (χ1v) is 14.5. The van der Waals surface area contributed by atoms with Crippen LogP contribution in [0, 0.1) is 0 Å². The van der Waals surface area contributed by atoms with Crippen molar-refractivity contribution in [2.45, 2.75) is 76.9 Å². The summed E-state index contributed by atoms with van der Waals surface area (Å²) in [6.45, 7) is 2.35. The van der Waals surface area contributed by atoms with Gasteiger partial charge in [0.25, 0.3) is 0 Å². The van der Waals surface area contributed by atoms with Gasteiger partial charge >= 0.3 is 5.97 Å². The van der Waals surface area contributed by atoms with E-state index in [1.165, 1.54) is 0 Å². The molecule has 0 saturated carbocycles. The lowest BCUT2D eigenvalue weighted by Crippen LogP contribution is -2.40. The molecule has 41 heavy (non-hydrogen) atoms. The van der Waals surface area contributed by atoms with Gasteiger partial charge in [0.15, 0.2) is 0 Å². The standard InChI is InChI=1S/C28H47N5O8/c34-23(30-17-9-5-12-24(35)33-18-20-41-28-14-6-10-19-40-28)11-3-1-7-15-31-25(36)21-29-22-26(37)32-16-8-2-4-13-27(38)39/h6,10,14,19,28-29H,1-5,7-9,11-13,15-18,20-22H2,(H,30,34)(H,31,36)(H,32,37)(H,33,35)(H,38,39). The highest BCUT2D eigenvalue weighted by molar-refractivity contribution is 5.81. The largest absolute Gasteiger partial charge is 0.481 e. The SMILES string of the molecule is O=C(O)CCCCCNC(=O)CNCC(=O)NCCCCCC(=O)NCCCCC(=O)NCCOC1C=CC=CO1. The van der Waals surface area contributed by atoms with Crippen molar-refractivity contribution in [2.24, 2.45) is 0 Å². The van der Waals surface area contributed by atoms with Crippen LogP contribution >= 0.6 is 0 Å². The van der Waals surface area contributed by atoms with Gasteiger partial charge in [-0.15, -0.1) is 0 Å². The van der Waals surface area contributed by atoms with Gasteiger partial charge in [-0.1, -0.05) is 18.9 Å². The molecule has 0 radical (unpaired) electrons. The zero-order valence-electron chi connectivity index (χ0n) is 23.9. The lowest BCUT2D eigenvalue weighted by molar-refractivity contribution is -0.137. The van der Waals surface area contributed by atoms with Crippen molar-refractivity contribution in [2.75, 3.05) is 45.9 Å². The first kappa shape index (κ1) is 35.6. The summed E-state index contributed by atoms with van der Waals surface area (Å²) in [5, 5.41) is 22.5. The molecule has 13 nitrogen and oxygen atoms in total. The number of carboxylic acid groups (broad SMARTS) is 1. The van der Waals surface area contributed by atoms with Gasteiger partial charge in [-0.05, 0) is 50.7 Å². The molecule has 0 spiro atoms. The lowest BCUT2D eigenvalue weighted by Gasteiger charge is -2.15. The Morgan fingerprint density at radius 3 is 1.71 bits per heavy atom. The zero-order chi connectivity index (χ0) is 30.0. The minimum Gasteiger partial charge on any atom is -0.481 e. The maximum absolute atomic E-state index is 11.9. The summed E-state index contributed by atoms with van der Waals surface area (Å²) in [4.78, 5) is 57.8. The molecule has 1 aliphatic rings. The molecule has 0 aromatic rings. The van der Waals surface area contributed by atoms with E-state index in [1.807, 2.05) is 6.08 Å². The average molecular weight is 582 g/mol. The fourth-order valence-electron chi connectivity index (χ4n) is 3.68. The summed E-state index contributed by atoms with van der Waals surface area (Å²) in [7, 11) is 0. The quantitative estimate of drug-likeness (QED) is 0.0851. The van der Waals surface area contributed by atoms with Crippen LogP contribution in [0.4, 0.5) is 0 Å². The summed E-state index contributed by atoms with van der Waals surface area (Å²) in [5.74, 6) is -1.30. The van der Waals surface area contributed by atoms with Crippen molar-refractivity contribution >= 4 is 29.6 Å².